The standard InChI is InChI=1S/C17H25NO6/c1-17(2,3)24-10-9-12(16(20)21)18-15(19)11-7-6-8-13(22-4)14(11)23-5/h6-8,12H,9-10H2,1-5H3,(H,18,19)(H,20,21). The third-order valence-electron chi connectivity index (χ3n) is 3.19. The molecule has 0 radical (unpaired) electrons. The van der Waals surface area contributed by atoms with Gasteiger partial charge in [0.2, 0.25) is 0 Å². The first-order valence-electron chi connectivity index (χ1n) is 7.58. The lowest BCUT2D eigenvalue weighted by molar-refractivity contribution is -0.140. The van der Waals surface area contributed by atoms with E-state index in [1.165, 1.54) is 14.2 Å². The van der Waals surface area contributed by atoms with E-state index in [1.54, 1.807) is 18.2 Å². The fraction of sp³-hybridized carbons (Fsp3) is 0.529. The Morgan fingerprint density at radius 2 is 1.88 bits per heavy atom. The quantitative estimate of drug-likeness (QED) is 0.753. The molecule has 1 atom stereocenters. The molecule has 0 aromatic heterocycles. The number of nitrogens with one attached hydrogen (secondary N) is 1. The minimum Gasteiger partial charge on any atom is -0.493 e. The normalized spacial score (nSPS) is 12.4. The van der Waals surface area contributed by atoms with Crippen molar-refractivity contribution in [3.05, 3.63) is 23.8 Å². The molecule has 1 aromatic rings. The zero-order chi connectivity index (χ0) is 18.3. The lowest BCUT2D eigenvalue weighted by Gasteiger charge is -2.22. The summed E-state index contributed by atoms with van der Waals surface area (Å²) in [4.78, 5) is 23.8. The summed E-state index contributed by atoms with van der Waals surface area (Å²) in [5.41, 5.74) is -0.164. The van der Waals surface area contributed by atoms with Crippen LogP contribution in [0.5, 0.6) is 11.5 Å². The van der Waals surface area contributed by atoms with Crippen molar-refractivity contribution in [2.24, 2.45) is 0 Å². The number of carbonyl (C=O) groups is 2. The summed E-state index contributed by atoms with van der Waals surface area (Å²) in [7, 11) is 2.88. The molecule has 0 bridgehead atoms. The number of carbonyl (C=O) groups excluding carboxylic acids is 1. The number of benzene rings is 1. The second kappa shape index (κ2) is 8.54. The molecule has 1 aromatic carbocycles. The third kappa shape index (κ3) is 5.73. The van der Waals surface area contributed by atoms with Crippen LogP contribution in [0.15, 0.2) is 18.2 Å². The van der Waals surface area contributed by atoms with Gasteiger partial charge in [-0.2, -0.15) is 0 Å². The van der Waals surface area contributed by atoms with Crippen molar-refractivity contribution >= 4 is 11.9 Å². The van der Waals surface area contributed by atoms with E-state index >= 15 is 0 Å². The average Bonchev–Trinajstić information content (AvgIpc) is 2.51. The van der Waals surface area contributed by atoms with Crippen LogP contribution in [0.4, 0.5) is 0 Å². The smallest absolute Gasteiger partial charge is 0.326 e. The molecule has 0 aliphatic rings. The Labute approximate surface area is 141 Å². The van der Waals surface area contributed by atoms with Crippen LogP contribution < -0.4 is 14.8 Å². The van der Waals surface area contributed by atoms with Gasteiger partial charge in [-0.1, -0.05) is 6.07 Å². The first-order chi connectivity index (χ1) is 11.2. The van der Waals surface area contributed by atoms with Crippen molar-refractivity contribution in [2.45, 2.75) is 38.8 Å². The number of rotatable bonds is 8. The van der Waals surface area contributed by atoms with Gasteiger partial charge in [-0.15, -0.1) is 0 Å². The predicted molar refractivity (Wildman–Crippen MR) is 88.8 cm³/mol. The summed E-state index contributed by atoms with van der Waals surface area (Å²) in [5.74, 6) is -1.02. The second-order valence-electron chi connectivity index (χ2n) is 6.15. The molecule has 134 valence electrons. The zero-order valence-electron chi connectivity index (χ0n) is 14.7. The molecule has 24 heavy (non-hydrogen) atoms. The molecule has 1 unspecified atom stereocenters. The van der Waals surface area contributed by atoms with E-state index in [0.717, 1.165) is 0 Å². The molecule has 0 aliphatic carbocycles. The lowest BCUT2D eigenvalue weighted by atomic mass is 10.1. The van der Waals surface area contributed by atoms with Crippen molar-refractivity contribution in [1.82, 2.24) is 5.32 Å². The maximum absolute atomic E-state index is 12.4. The van der Waals surface area contributed by atoms with E-state index < -0.39 is 17.9 Å². The molecular formula is C17H25NO6. The number of carboxylic acid groups (broad SMARTS) is 1. The fourth-order valence-corrected chi connectivity index (χ4v) is 2.04. The van der Waals surface area contributed by atoms with Crippen LogP contribution in [0.3, 0.4) is 0 Å². The Hall–Kier alpha value is -2.28. The van der Waals surface area contributed by atoms with Gasteiger partial charge in [-0.3, -0.25) is 4.79 Å². The summed E-state index contributed by atoms with van der Waals surface area (Å²) < 4.78 is 15.9. The van der Waals surface area contributed by atoms with Crippen LogP contribution in [-0.4, -0.2) is 49.5 Å². The lowest BCUT2D eigenvalue weighted by Crippen LogP contribution is -2.42. The Morgan fingerprint density at radius 3 is 2.38 bits per heavy atom. The first-order valence-corrected chi connectivity index (χ1v) is 7.58. The van der Waals surface area contributed by atoms with Gasteiger partial charge in [0.15, 0.2) is 11.5 Å². The van der Waals surface area contributed by atoms with E-state index in [4.69, 9.17) is 14.2 Å². The monoisotopic (exact) mass is 339 g/mol. The Morgan fingerprint density at radius 1 is 1.21 bits per heavy atom. The average molecular weight is 339 g/mol. The minimum atomic E-state index is -1.12. The molecule has 1 amide bonds. The molecule has 0 aliphatic heterocycles. The second-order valence-corrected chi connectivity index (χ2v) is 6.15. The van der Waals surface area contributed by atoms with Gasteiger partial charge in [0.05, 0.1) is 25.4 Å². The number of amides is 1. The molecule has 0 saturated heterocycles. The van der Waals surface area contributed by atoms with E-state index in [-0.39, 0.29) is 29.9 Å². The van der Waals surface area contributed by atoms with Gasteiger partial charge in [-0.25, -0.2) is 4.79 Å². The SMILES string of the molecule is COc1cccc(C(=O)NC(CCOC(C)(C)C)C(=O)O)c1OC. The number of methoxy groups -OCH3 is 2. The molecule has 0 fully saturated rings. The summed E-state index contributed by atoms with van der Waals surface area (Å²) in [6, 6.07) is 3.77. The van der Waals surface area contributed by atoms with Crippen molar-refractivity contribution in [1.29, 1.82) is 0 Å². The van der Waals surface area contributed by atoms with E-state index in [0.29, 0.717) is 5.75 Å². The van der Waals surface area contributed by atoms with Crippen LogP contribution in [0.2, 0.25) is 0 Å². The topological polar surface area (TPSA) is 94.1 Å². The van der Waals surface area contributed by atoms with Gasteiger partial charge < -0.3 is 24.6 Å². The van der Waals surface area contributed by atoms with E-state index in [9.17, 15) is 14.7 Å². The van der Waals surface area contributed by atoms with E-state index in [1.807, 2.05) is 20.8 Å². The van der Waals surface area contributed by atoms with Gasteiger partial charge in [0.1, 0.15) is 6.04 Å². The van der Waals surface area contributed by atoms with Crippen molar-refractivity contribution in [3.63, 3.8) is 0 Å². The largest absolute Gasteiger partial charge is 0.493 e. The fourth-order valence-electron chi connectivity index (χ4n) is 2.04. The highest BCUT2D eigenvalue weighted by Crippen LogP contribution is 2.30. The number of hydrogen-bond donors (Lipinski definition) is 2. The van der Waals surface area contributed by atoms with Crippen molar-refractivity contribution in [3.8, 4) is 11.5 Å². The number of hydrogen-bond acceptors (Lipinski definition) is 5. The summed E-state index contributed by atoms with van der Waals surface area (Å²) >= 11 is 0. The number of aliphatic carboxylic acids is 1. The van der Waals surface area contributed by atoms with Crippen molar-refractivity contribution < 1.29 is 28.9 Å². The van der Waals surface area contributed by atoms with Crippen LogP contribution in [0.1, 0.15) is 37.6 Å². The maximum atomic E-state index is 12.4. The van der Waals surface area contributed by atoms with Gasteiger partial charge in [0.25, 0.3) is 5.91 Å². The van der Waals surface area contributed by atoms with Crippen LogP contribution in [-0.2, 0) is 9.53 Å². The molecule has 1 rings (SSSR count). The Kier molecular flexibility index (Phi) is 7.03. The summed E-state index contributed by atoms with van der Waals surface area (Å²) in [6.45, 7) is 5.85. The molecule has 0 heterocycles. The van der Waals surface area contributed by atoms with Crippen LogP contribution in [0, 0.1) is 0 Å². The summed E-state index contributed by atoms with van der Waals surface area (Å²) in [5, 5.41) is 11.8. The summed E-state index contributed by atoms with van der Waals surface area (Å²) in [6.07, 6.45) is 0.157. The highest BCUT2D eigenvalue weighted by Gasteiger charge is 2.24. The molecular weight excluding hydrogens is 314 g/mol. The number of carboxylic acids is 1. The Bertz CT molecular complexity index is 579. The molecule has 7 nitrogen and oxygen atoms in total. The third-order valence-corrected chi connectivity index (χ3v) is 3.19. The molecule has 0 saturated carbocycles. The Balaban J connectivity index is 2.84. The highest BCUT2D eigenvalue weighted by atomic mass is 16.5. The van der Waals surface area contributed by atoms with Crippen LogP contribution >= 0.6 is 0 Å². The van der Waals surface area contributed by atoms with Crippen molar-refractivity contribution in [2.75, 3.05) is 20.8 Å². The molecule has 0 spiro atoms. The zero-order valence-corrected chi connectivity index (χ0v) is 14.7. The first kappa shape index (κ1) is 19.8. The minimum absolute atomic E-state index is 0.157. The predicted octanol–water partition coefficient (Wildman–Crippen LogP) is 2.09. The van der Waals surface area contributed by atoms with Crippen LogP contribution in [0.25, 0.3) is 0 Å². The van der Waals surface area contributed by atoms with Gasteiger partial charge in [-0.05, 0) is 32.9 Å². The van der Waals surface area contributed by atoms with E-state index in [2.05, 4.69) is 5.32 Å². The molecule has 7 heteroatoms. The molecule has 2 N–H and O–H groups in total. The van der Waals surface area contributed by atoms with Gasteiger partial charge in [0, 0.05) is 13.0 Å². The number of ether oxygens (including phenoxy) is 3. The number of para-hydroxylation sites is 1. The maximum Gasteiger partial charge on any atom is 0.326 e. The highest BCUT2D eigenvalue weighted by molar-refractivity contribution is 5.99. The van der Waals surface area contributed by atoms with Gasteiger partial charge >= 0.3 is 5.97 Å².